The van der Waals surface area contributed by atoms with Gasteiger partial charge in [-0.3, -0.25) is 0 Å². The van der Waals surface area contributed by atoms with E-state index in [2.05, 4.69) is 22.1 Å². The molecule has 1 aromatic heterocycles. The average molecular weight is 261 g/mol. The van der Waals surface area contributed by atoms with Crippen molar-refractivity contribution >= 4 is 17.1 Å². The number of rotatable bonds is 4. The molecule has 0 spiro atoms. The van der Waals surface area contributed by atoms with Crippen LogP contribution in [-0.4, -0.2) is 43.9 Å². The summed E-state index contributed by atoms with van der Waals surface area (Å²) in [4.78, 5) is 6.77. The fraction of sp³-hybridized carbons (Fsp3) is 0.500. The third kappa shape index (κ3) is 2.57. The monoisotopic (exact) mass is 261 g/mol. The maximum atomic E-state index is 5.85. The first kappa shape index (κ1) is 12.4. The number of aromatic nitrogens is 1. The van der Waals surface area contributed by atoms with Crippen LogP contribution in [0, 0.1) is 0 Å². The van der Waals surface area contributed by atoms with Gasteiger partial charge in [0, 0.05) is 13.1 Å². The van der Waals surface area contributed by atoms with Gasteiger partial charge >= 0.3 is 0 Å². The van der Waals surface area contributed by atoms with Gasteiger partial charge in [0.1, 0.15) is 5.52 Å². The molecule has 5 heteroatoms. The van der Waals surface area contributed by atoms with Gasteiger partial charge in [-0.25, -0.2) is 0 Å². The molecule has 1 atom stereocenters. The van der Waals surface area contributed by atoms with E-state index in [-0.39, 0.29) is 6.04 Å². The Bertz CT molecular complexity index is 507. The second-order valence-corrected chi connectivity index (χ2v) is 4.69. The number of fused-ring (bicyclic) bond motifs is 1. The molecule has 3 rings (SSSR count). The molecule has 1 saturated heterocycles. The number of para-hydroxylation sites is 2. The van der Waals surface area contributed by atoms with E-state index in [1.807, 2.05) is 24.3 Å². The van der Waals surface area contributed by atoms with Gasteiger partial charge in [0.2, 0.25) is 0 Å². The van der Waals surface area contributed by atoms with Gasteiger partial charge < -0.3 is 19.4 Å². The number of oxazole rings is 1. The summed E-state index contributed by atoms with van der Waals surface area (Å²) in [6.45, 7) is 6.20. The highest BCUT2D eigenvalue weighted by Crippen LogP contribution is 2.24. The summed E-state index contributed by atoms with van der Waals surface area (Å²) in [7, 11) is 0. The zero-order chi connectivity index (χ0) is 13.1. The van der Waals surface area contributed by atoms with Crippen molar-refractivity contribution < 1.29 is 9.15 Å². The second kappa shape index (κ2) is 5.59. The maximum Gasteiger partial charge on any atom is 0.298 e. The lowest BCUT2D eigenvalue weighted by molar-refractivity contribution is 0.0912. The molecule has 0 saturated carbocycles. The number of hydrogen-bond donors (Lipinski definition) is 1. The van der Waals surface area contributed by atoms with Gasteiger partial charge in [0.15, 0.2) is 5.58 Å². The lowest BCUT2D eigenvalue weighted by Crippen LogP contribution is -2.50. The fourth-order valence-electron chi connectivity index (χ4n) is 2.37. The molecule has 0 amide bonds. The van der Waals surface area contributed by atoms with Crippen molar-refractivity contribution in [3.8, 4) is 0 Å². The van der Waals surface area contributed by atoms with E-state index in [9.17, 15) is 0 Å². The van der Waals surface area contributed by atoms with Gasteiger partial charge in [-0.1, -0.05) is 19.1 Å². The molecule has 1 aliphatic heterocycles. The highest BCUT2D eigenvalue weighted by Gasteiger charge is 2.26. The van der Waals surface area contributed by atoms with Crippen LogP contribution in [0.2, 0.25) is 0 Å². The number of likely N-dealkylation sites (N-methyl/N-ethyl adjacent to an activating group) is 1. The van der Waals surface area contributed by atoms with Gasteiger partial charge in [0.25, 0.3) is 6.01 Å². The molecule has 1 N–H and O–H groups in total. The van der Waals surface area contributed by atoms with Crippen molar-refractivity contribution in [2.45, 2.75) is 13.0 Å². The van der Waals surface area contributed by atoms with Crippen molar-refractivity contribution in [1.82, 2.24) is 10.3 Å². The number of nitrogens with one attached hydrogen (secondary N) is 1. The Morgan fingerprint density at radius 1 is 1.42 bits per heavy atom. The zero-order valence-electron chi connectivity index (χ0n) is 11.1. The molecule has 5 nitrogen and oxygen atoms in total. The van der Waals surface area contributed by atoms with E-state index >= 15 is 0 Å². The molecule has 1 aromatic carbocycles. The lowest BCUT2D eigenvalue weighted by atomic mass is 10.2. The van der Waals surface area contributed by atoms with E-state index in [1.54, 1.807) is 0 Å². The van der Waals surface area contributed by atoms with Crippen LogP contribution in [0.3, 0.4) is 0 Å². The Labute approximate surface area is 112 Å². The highest BCUT2D eigenvalue weighted by molar-refractivity contribution is 5.74. The number of ether oxygens (including phenoxy) is 1. The normalized spacial score (nSPS) is 20.1. The average Bonchev–Trinajstić information content (AvgIpc) is 2.89. The summed E-state index contributed by atoms with van der Waals surface area (Å²) in [6.07, 6.45) is 0. The molecule has 1 unspecified atom stereocenters. The smallest absolute Gasteiger partial charge is 0.298 e. The van der Waals surface area contributed by atoms with Crippen LogP contribution in [0.15, 0.2) is 28.7 Å². The number of nitrogens with zero attached hydrogens (tertiary/aromatic N) is 2. The SMILES string of the molecule is CCNCC1COCCN1c1nc2ccccc2o1. The molecular formula is C14H19N3O2. The Hall–Kier alpha value is -1.59. The molecule has 19 heavy (non-hydrogen) atoms. The van der Waals surface area contributed by atoms with E-state index < -0.39 is 0 Å². The summed E-state index contributed by atoms with van der Waals surface area (Å²) in [5.41, 5.74) is 1.75. The standard InChI is InChI=1S/C14H19N3O2/c1-2-15-9-11-10-18-8-7-17(11)14-16-12-5-3-4-6-13(12)19-14/h3-6,11,15H,2,7-10H2,1H3. The van der Waals surface area contributed by atoms with Crippen LogP contribution < -0.4 is 10.2 Å². The van der Waals surface area contributed by atoms with E-state index in [4.69, 9.17) is 9.15 Å². The minimum Gasteiger partial charge on any atom is -0.423 e. The minimum absolute atomic E-state index is 0.279. The van der Waals surface area contributed by atoms with Crippen molar-refractivity contribution in [3.63, 3.8) is 0 Å². The van der Waals surface area contributed by atoms with Crippen molar-refractivity contribution in [2.75, 3.05) is 37.7 Å². The first-order valence-corrected chi connectivity index (χ1v) is 6.79. The van der Waals surface area contributed by atoms with Crippen LogP contribution in [0.5, 0.6) is 0 Å². The van der Waals surface area contributed by atoms with E-state index in [0.29, 0.717) is 12.6 Å². The fourth-order valence-corrected chi connectivity index (χ4v) is 2.37. The van der Waals surface area contributed by atoms with Crippen molar-refractivity contribution in [3.05, 3.63) is 24.3 Å². The summed E-state index contributed by atoms with van der Waals surface area (Å²) < 4.78 is 11.4. The molecule has 0 radical (unpaired) electrons. The number of morpholine rings is 1. The summed E-state index contributed by atoms with van der Waals surface area (Å²) in [5, 5.41) is 3.36. The van der Waals surface area contributed by atoms with Crippen LogP contribution in [0.25, 0.3) is 11.1 Å². The molecule has 2 aromatic rings. The van der Waals surface area contributed by atoms with E-state index in [0.717, 1.165) is 37.3 Å². The molecule has 0 aliphatic carbocycles. The number of hydrogen-bond acceptors (Lipinski definition) is 5. The lowest BCUT2D eigenvalue weighted by Gasteiger charge is -2.34. The first-order valence-electron chi connectivity index (χ1n) is 6.79. The van der Waals surface area contributed by atoms with Crippen LogP contribution in [-0.2, 0) is 4.74 Å². The Kier molecular flexibility index (Phi) is 3.66. The molecular weight excluding hydrogens is 242 g/mol. The van der Waals surface area contributed by atoms with Crippen LogP contribution in [0.4, 0.5) is 6.01 Å². The van der Waals surface area contributed by atoms with Crippen LogP contribution >= 0.6 is 0 Å². The molecule has 102 valence electrons. The summed E-state index contributed by atoms with van der Waals surface area (Å²) >= 11 is 0. The van der Waals surface area contributed by atoms with E-state index in [1.165, 1.54) is 0 Å². The van der Waals surface area contributed by atoms with Crippen LogP contribution in [0.1, 0.15) is 6.92 Å². The Morgan fingerprint density at radius 3 is 3.16 bits per heavy atom. The van der Waals surface area contributed by atoms with Gasteiger partial charge in [0.05, 0.1) is 19.3 Å². The quantitative estimate of drug-likeness (QED) is 0.906. The molecule has 1 fully saturated rings. The predicted octanol–water partition coefficient (Wildman–Crippen LogP) is 1.64. The third-order valence-corrected chi connectivity index (χ3v) is 3.39. The third-order valence-electron chi connectivity index (χ3n) is 3.39. The first-order chi connectivity index (χ1) is 9.38. The second-order valence-electron chi connectivity index (χ2n) is 4.69. The maximum absolute atomic E-state index is 5.85. The predicted molar refractivity (Wildman–Crippen MR) is 74.5 cm³/mol. The summed E-state index contributed by atoms with van der Waals surface area (Å²) in [5.74, 6) is 0. The number of benzene rings is 1. The largest absolute Gasteiger partial charge is 0.423 e. The van der Waals surface area contributed by atoms with Gasteiger partial charge in [-0.05, 0) is 18.7 Å². The molecule has 0 bridgehead atoms. The topological polar surface area (TPSA) is 50.5 Å². The van der Waals surface area contributed by atoms with Gasteiger partial charge in [-0.15, -0.1) is 0 Å². The molecule has 1 aliphatic rings. The highest BCUT2D eigenvalue weighted by atomic mass is 16.5. The summed E-state index contributed by atoms with van der Waals surface area (Å²) in [6, 6.07) is 8.85. The molecule has 2 heterocycles. The number of anilines is 1. The van der Waals surface area contributed by atoms with Gasteiger partial charge in [-0.2, -0.15) is 4.98 Å². The Morgan fingerprint density at radius 2 is 2.32 bits per heavy atom. The minimum atomic E-state index is 0.279. The zero-order valence-corrected chi connectivity index (χ0v) is 11.1. The Balaban J connectivity index is 1.84. The van der Waals surface area contributed by atoms with Crippen molar-refractivity contribution in [1.29, 1.82) is 0 Å². The van der Waals surface area contributed by atoms with Crippen molar-refractivity contribution in [2.24, 2.45) is 0 Å².